The van der Waals surface area contributed by atoms with Crippen LogP contribution >= 0.6 is 0 Å². The minimum absolute atomic E-state index is 0.156. The van der Waals surface area contributed by atoms with Crippen molar-refractivity contribution in [3.05, 3.63) is 0 Å². The lowest BCUT2D eigenvalue weighted by atomic mass is 9.84. The highest BCUT2D eigenvalue weighted by Crippen LogP contribution is 2.35. The van der Waals surface area contributed by atoms with Gasteiger partial charge >= 0.3 is 0 Å². The zero-order chi connectivity index (χ0) is 13.6. The van der Waals surface area contributed by atoms with Gasteiger partial charge < -0.3 is 9.80 Å². The standard InChI is InChI=1S/C15H24N2O2/c1-10(2)13-15(19)16-9-4-3-8-12(16)14(18)17(13)11-6-5-7-11/h10-13H,3-9H2,1-2H3. The van der Waals surface area contributed by atoms with Crippen molar-refractivity contribution in [2.45, 2.75) is 70.5 Å². The maximum Gasteiger partial charge on any atom is 0.246 e. The van der Waals surface area contributed by atoms with Crippen LogP contribution in [0.2, 0.25) is 0 Å². The summed E-state index contributed by atoms with van der Waals surface area (Å²) in [5.41, 5.74) is 0. The van der Waals surface area contributed by atoms with Crippen LogP contribution < -0.4 is 0 Å². The van der Waals surface area contributed by atoms with Crippen LogP contribution in [0.15, 0.2) is 0 Å². The molecule has 4 nitrogen and oxygen atoms in total. The van der Waals surface area contributed by atoms with E-state index in [1.54, 1.807) is 0 Å². The third-order valence-electron chi connectivity index (χ3n) is 4.98. The van der Waals surface area contributed by atoms with Gasteiger partial charge in [0.25, 0.3) is 0 Å². The molecule has 0 aromatic carbocycles. The molecule has 2 unspecified atom stereocenters. The topological polar surface area (TPSA) is 40.6 Å². The molecule has 106 valence electrons. The van der Waals surface area contributed by atoms with Crippen molar-refractivity contribution in [1.82, 2.24) is 9.80 Å². The quantitative estimate of drug-likeness (QED) is 0.763. The third-order valence-corrected chi connectivity index (χ3v) is 4.98. The van der Waals surface area contributed by atoms with E-state index in [2.05, 4.69) is 13.8 Å². The zero-order valence-corrected chi connectivity index (χ0v) is 12.0. The molecule has 19 heavy (non-hydrogen) atoms. The van der Waals surface area contributed by atoms with Gasteiger partial charge in [0.05, 0.1) is 0 Å². The molecule has 1 saturated carbocycles. The van der Waals surface area contributed by atoms with Crippen LogP contribution in [0.1, 0.15) is 52.4 Å². The minimum Gasteiger partial charge on any atom is -0.329 e. The van der Waals surface area contributed by atoms with Gasteiger partial charge in [-0.1, -0.05) is 13.8 Å². The summed E-state index contributed by atoms with van der Waals surface area (Å²) in [6.07, 6.45) is 6.33. The van der Waals surface area contributed by atoms with Crippen LogP contribution in [0.4, 0.5) is 0 Å². The first-order valence-electron chi connectivity index (χ1n) is 7.74. The van der Waals surface area contributed by atoms with E-state index in [0.717, 1.165) is 38.6 Å². The number of fused-ring (bicyclic) bond motifs is 1. The van der Waals surface area contributed by atoms with E-state index in [4.69, 9.17) is 0 Å². The second-order valence-corrected chi connectivity index (χ2v) is 6.56. The molecular formula is C15H24N2O2. The number of carbonyl (C=O) groups excluding carboxylic acids is 2. The van der Waals surface area contributed by atoms with Gasteiger partial charge in [0.1, 0.15) is 12.1 Å². The van der Waals surface area contributed by atoms with E-state index in [1.165, 1.54) is 6.42 Å². The van der Waals surface area contributed by atoms with Gasteiger partial charge in [0, 0.05) is 12.6 Å². The Morgan fingerprint density at radius 3 is 2.32 bits per heavy atom. The number of piperidine rings is 1. The molecule has 1 aliphatic carbocycles. The van der Waals surface area contributed by atoms with Crippen LogP contribution in [0.3, 0.4) is 0 Å². The molecular weight excluding hydrogens is 240 g/mol. The molecule has 0 bridgehead atoms. The SMILES string of the molecule is CC(C)C1C(=O)N2CCCCC2C(=O)N1C1CCC1. The maximum absolute atomic E-state index is 12.8. The van der Waals surface area contributed by atoms with E-state index in [0.29, 0.717) is 6.04 Å². The van der Waals surface area contributed by atoms with Crippen molar-refractivity contribution in [1.29, 1.82) is 0 Å². The summed E-state index contributed by atoms with van der Waals surface area (Å²) in [5.74, 6) is 0.633. The number of carbonyl (C=O) groups is 2. The molecule has 3 rings (SSSR count). The van der Waals surface area contributed by atoms with Gasteiger partial charge in [-0.15, -0.1) is 0 Å². The third kappa shape index (κ3) is 1.96. The molecule has 2 saturated heterocycles. The number of hydrogen-bond donors (Lipinski definition) is 0. The molecule has 3 aliphatic rings. The summed E-state index contributed by atoms with van der Waals surface area (Å²) in [4.78, 5) is 29.3. The Kier molecular flexibility index (Phi) is 3.27. The van der Waals surface area contributed by atoms with E-state index in [9.17, 15) is 9.59 Å². The molecule has 2 heterocycles. The fourth-order valence-corrected chi connectivity index (χ4v) is 3.73. The molecule has 2 aliphatic heterocycles. The Labute approximate surface area is 115 Å². The second kappa shape index (κ2) is 4.80. The zero-order valence-electron chi connectivity index (χ0n) is 12.0. The van der Waals surface area contributed by atoms with Gasteiger partial charge in [-0.05, 0) is 44.4 Å². The lowest BCUT2D eigenvalue weighted by Gasteiger charge is -2.52. The number of nitrogens with zero attached hydrogens (tertiary/aromatic N) is 2. The van der Waals surface area contributed by atoms with Gasteiger partial charge in [-0.25, -0.2) is 0 Å². The molecule has 0 aromatic heterocycles. The lowest BCUT2D eigenvalue weighted by molar-refractivity contribution is -0.170. The van der Waals surface area contributed by atoms with Crippen molar-refractivity contribution in [3.8, 4) is 0 Å². The molecule has 2 atom stereocenters. The summed E-state index contributed by atoms with van der Waals surface area (Å²) in [5, 5.41) is 0. The van der Waals surface area contributed by atoms with E-state index < -0.39 is 0 Å². The first-order chi connectivity index (χ1) is 9.11. The summed E-state index contributed by atoms with van der Waals surface area (Å²) in [7, 11) is 0. The lowest BCUT2D eigenvalue weighted by Crippen LogP contribution is -2.69. The van der Waals surface area contributed by atoms with Crippen LogP contribution in [0.25, 0.3) is 0 Å². The van der Waals surface area contributed by atoms with Crippen molar-refractivity contribution >= 4 is 11.8 Å². The summed E-state index contributed by atoms with van der Waals surface area (Å²) < 4.78 is 0. The largest absolute Gasteiger partial charge is 0.329 e. The maximum atomic E-state index is 12.8. The van der Waals surface area contributed by atoms with Gasteiger partial charge in [-0.2, -0.15) is 0 Å². The Balaban J connectivity index is 1.91. The van der Waals surface area contributed by atoms with Crippen molar-refractivity contribution < 1.29 is 9.59 Å². The average Bonchev–Trinajstić information content (AvgIpc) is 2.33. The summed E-state index contributed by atoms with van der Waals surface area (Å²) >= 11 is 0. The molecule has 3 fully saturated rings. The van der Waals surface area contributed by atoms with E-state index >= 15 is 0 Å². The number of amides is 2. The molecule has 0 aromatic rings. The molecule has 4 heteroatoms. The second-order valence-electron chi connectivity index (χ2n) is 6.56. The van der Waals surface area contributed by atoms with Crippen LogP contribution in [0.5, 0.6) is 0 Å². The van der Waals surface area contributed by atoms with Crippen molar-refractivity contribution in [3.63, 3.8) is 0 Å². The highest BCUT2D eigenvalue weighted by Gasteiger charge is 2.50. The first-order valence-corrected chi connectivity index (χ1v) is 7.74. The first kappa shape index (κ1) is 12.9. The van der Waals surface area contributed by atoms with Crippen molar-refractivity contribution in [2.24, 2.45) is 5.92 Å². The van der Waals surface area contributed by atoms with E-state index in [-0.39, 0.29) is 29.8 Å². The number of rotatable bonds is 2. The van der Waals surface area contributed by atoms with Gasteiger partial charge in [0.15, 0.2) is 0 Å². The Morgan fingerprint density at radius 1 is 1.00 bits per heavy atom. The van der Waals surface area contributed by atoms with Gasteiger partial charge in [-0.3, -0.25) is 9.59 Å². The molecule has 0 N–H and O–H groups in total. The van der Waals surface area contributed by atoms with Gasteiger partial charge in [0.2, 0.25) is 11.8 Å². The Morgan fingerprint density at radius 2 is 1.74 bits per heavy atom. The smallest absolute Gasteiger partial charge is 0.246 e. The number of hydrogen-bond acceptors (Lipinski definition) is 2. The average molecular weight is 264 g/mol. The molecule has 0 radical (unpaired) electrons. The Hall–Kier alpha value is -1.06. The number of piperazine rings is 1. The Bertz CT molecular complexity index is 390. The van der Waals surface area contributed by atoms with Crippen molar-refractivity contribution in [2.75, 3.05) is 6.54 Å². The highest BCUT2D eigenvalue weighted by molar-refractivity contribution is 5.97. The molecule has 0 spiro atoms. The van der Waals surface area contributed by atoms with Crippen LogP contribution in [0, 0.1) is 5.92 Å². The fraction of sp³-hybridized carbons (Fsp3) is 0.867. The van der Waals surface area contributed by atoms with E-state index in [1.807, 2.05) is 9.80 Å². The predicted molar refractivity (Wildman–Crippen MR) is 72.5 cm³/mol. The predicted octanol–water partition coefficient (Wildman–Crippen LogP) is 1.79. The fourth-order valence-electron chi connectivity index (χ4n) is 3.73. The summed E-state index contributed by atoms with van der Waals surface area (Å²) in [6, 6.07) is -0.0445. The van der Waals surface area contributed by atoms with Crippen LogP contribution in [-0.2, 0) is 9.59 Å². The monoisotopic (exact) mass is 264 g/mol. The normalized spacial score (nSPS) is 32.6. The highest BCUT2D eigenvalue weighted by atomic mass is 16.2. The molecule has 2 amide bonds. The van der Waals surface area contributed by atoms with Crippen LogP contribution in [-0.4, -0.2) is 46.3 Å². The minimum atomic E-state index is -0.216. The summed E-state index contributed by atoms with van der Waals surface area (Å²) in [6.45, 7) is 4.90.